The molecule has 0 saturated heterocycles. The zero-order chi connectivity index (χ0) is 13.5. The molecule has 0 aliphatic heterocycles. The third-order valence-electron chi connectivity index (χ3n) is 2.24. The fourth-order valence-corrected chi connectivity index (χ4v) is 2.34. The van der Waals surface area contributed by atoms with Gasteiger partial charge in [0.2, 0.25) is 0 Å². The molecule has 18 heavy (non-hydrogen) atoms. The number of aromatic nitrogens is 2. The summed E-state index contributed by atoms with van der Waals surface area (Å²) >= 11 is 6.46. The second-order valence-corrected chi connectivity index (χ2v) is 4.76. The average molecular weight is 298 g/mol. The first kappa shape index (κ1) is 15.2. The van der Waals surface area contributed by atoms with Crippen LogP contribution in [0, 0.1) is 0 Å². The minimum atomic E-state index is -2.58. The van der Waals surface area contributed by atoms with Crippen LogP contribution < -0.4 is 0 Å². The van der Waals surface area contributed by atoms with Crippen molar-refractivity contribution in [3.63, 3.8) is 0 Å². The van der Waals surface area contributed by atoms with Gasteiger partial charge in [0.05, 0.1) is 12.2 Å². The Morgan fingerprint density at radius 3 is 2.83 bits per heavy atom. The summed E-state index contributed by atoms with van der Waals surface area (Å²) in [7, 11) is 0. The smallest absolute Gasteiger partial charge is 0.267 e. The van der Waals surface area contributed by atoms with Crippen molar-refractivity contribution >= 4 is 29.0 Å². The van der Waals surface area contributed by atoms with Crippen molar-refractivity contribution in [2.75, 3.05) is 19.0 Å². The van der Waals surface area contributed by atoms with E-state index in [2.05, 4.69) is 9.59 Å². The maximum absolute atomic E-state index is 12.4. The van der Waals surface area contributed by atoms with Crippen LogP contribution in [0.4, 0.5) is 8.78 Å². The number of carbonyl (C=O) groups is 1. The van der Waals surface area contributed by atoms with Gasteiger partial charge in [-0.1, -0.05) is 17.8 Å². The van der Waals surface area contributed by atoms with Crippen LogP contribution in [0.15, 0.2) is 0 Å². The number of amides is 1. The Morgan fingerprint density at radius 2 is 2.28 bits per heavy atom. The lowest BCUT2D eigenvalue weighted by molar-refractivity contribution is 0.0574. The van der Waals surface area contributed by atoms with Crippen LogP contribution in [-0.2, 0) is 6.42 Å². The fourth-order valence-electron chi connectivity index (χ4n) is 1.46. The standard InChI is InChI=1S/C10H14ClF2N3OS/c1-2-3-7-9(18-15-14-7)10(17)16(5-4-11)6-8(12)13/h8H,2-6H2,1H3. The summed E-state index contributed by atoms with van der Waals surface area (Å²) in [4.78, 5) is 13.5. The molecule has 1 aromatic rings. The molecular formula is C10H14ClF2N3OS. The normalized spacial score (nSPS) is 10.9. The van der Waals surface area contributed by atoms with Gasteiger partial charge in [-0.2, -0.15) is 0 Å². The highest BCUT2D eigenvalue weighted by atomic mass is 35.5. The number of aryl methyl sites for hydroxylation is 1. The predicted octanol–water partition coefficient (Wildman–Crippen LogP) is 2.44. The van der Waals surface area contributed by atoms with E-state index < -0.39 is 18.9 Å². The summed E-state index contributed by atoms with van der Waals surface area (Å²) < 4.78 is 28.5. The molecule has 0 fully saturated rings. The van der Waals surface area contributed by atoms with E-state index in [0.717, 1.165) is 22.9 Å². The monoisotopic (exact) mass is 297 g/mol. The van der Waals surface area contributed by atoms with E-state index in [1.54, 1.807) is 0 Å². The molecule has 0 saturated carbocycles. The Bertz CT molecular complexity index is 389. The Morgan fingerprint density at radius 1 is 1.56 bits per heavy atom. The van der Waals surface area contributed by atoms with E-state index in [1.165, 1.54) is 0 Å². The minimum Gasteiger partial charge on any atom is -0.331 e. The van der Waals surface area contributed by atoms with Gasteiger partial charge in [0.25, 0.3) is 12.3 Å². The molecule has 102 valence electrons. The number of hydrogen-bond donors (Lipinski definition) is 0. The quantitative estimate of drug-likeness (QED) is 0.726. The molecule has 4 nitrogen and oxygen atoms in total. The van der Waals surface area contributed by atoms with Gasteiger partial charge < -0.3 is 4.90 Å². The molecular weight excluding hydrogens is 284 g/mol. The Balaban J connectivity index is 2.83. The first-order chi connectivity index (χ1) is 8.60. The molecule has 8 heteroatoms. The summed E-state index contributed by atoms with van der Waals surface area (Å²) in [5.41, 5.74) is 0.571. The second-order valence-electron chi connectivity index (χ2n) is 3.63. The number of alkyl halides is 3. The molecule has 0 atom stereocenters. The largest absolute Gasteiger partial charge is 0.331 e. The van der Waals surface area contributed by atoms with Gasteiger partial charge >= 0.3 is 0 Å². The maximum atomic E-state index is 12.4. The van der Waals surface area contributed by atoms with Crippen LogP contribution >= 0.6 is 23.1 Å². The van der Waals surface area contributed by atoms with Gasteiger partial charge in [0.15, 0.2) is 0 Å². The van der Waals surface area contributed by atoms with Crippen molar-refractivity contribution in [1.82, 2.24) is 14.5 Å². The molecule has 1 aromatic heterocycles. The van der Waals surface area contributed by atoms with Crippen LogP contribution in [-0.4, -0.2) is 45.8 Å². The van der Waals surface area contributed by atoms with Crippen LogP contribution in [0.5, 0.6) is 0 Å². The molecule has 0 unspecified atom stereocenters. The van der Waals surface area contributed by atoms with Crippen LogP contribution in [0.1, 0.15) is 28.7 Å². The van der Waals surface area contributed by atoms with E-state index >= 15 is 0 Å². The molecule has 1 rings (SSSR count). The number of carbonyl (C=O) groups excluding carboxylic acids is 1. The van der Waals surface area contributed by atoms with Crippen molar-refractivity contribution in [2.45, 2.75) is 26.2 Å². The molecule has 0 N–H and O–H groups in total. The molecule has 0 bridgehead atoms. The van der Waals surface area contributed by atoms with Crippen molar-refractivity contribution in [3.8, 4) is 0 Å². The van der Waals surface area contributed by atoms with Gasteiger partial charge in [0.1, 0.15) is 4.88 Å². The van der Waals surface area contributed by atoms with Gasteiger partial charge in [0, 0.05) is 12.4 Å². The topological polar surface area (TPSA) is 46.1 Å². The van der Waals surface area contributed by atoms with Gasteiger partial charge in [-0.15, -0.1) is 16.7 Å². The maximum Gasteiger partial charge on any atom is 0.267 e. The number of halogens is 3. The van der Waals surface area contributed by atoms with E-state index in [0.29, 0.717) is 17.0 Å². The van der Waals surface area contributed by atoms with Crippen molar-refractivity contribution in [1.29, 1.82) is 0 Å². The molecule has 0 spiro atoms. The van der Waals surface area contributed by atoms with Crippen molar-refractivity contribution in [3.05, 3.63) is 10.6 Å². The van der Waals surface area contributed by atoms with Gasteiger partial charge in [-0.05, 0) is 18.0 Å². The summed E-state index contributed by atoms with van der Waals surface area (Å²) in [6, 6.07) is 0. The van der Waals surface area contributed by atoms with E-state index in [1.807, 2.05) is 6.92 Å². The Hall–Kier alpha value is -0.820. The third-order valence-corrected chi connectivity index (χ3v) is 3.16. The molecule has 0 aromatic carbocycles. The lowest BCUT2D eigenvalue weighted by atomic mass is 10.2. The van der Waals surface area contributed by atoms with E-state index in [4.69, 9.17) is 11.6 Å². The van der Waals surface area contributed by atoms with Crippen LogP contribution in [0.25, 0.3) is 0 Å². The minimum absolute atomic E-state index is 0.0915. The Labute approximate surface area is 113 Å². The van der Waals surface area contributed by atoms with Crippen LogP contribution in [0.3, 0.4) is 0 Å². The number of hydrogen-bond acceptors (Lipinski definition) is 4. The Kier molecular flexibility index (Phi) is 6.42. The highest BCUT2D eigenvalue weighted by Crippen LogP contribution is 2.16. The fraction of sp³-hybridized carbons (Fsp3) is 0.700. The first-order valence-electron chi connectivity index (χ1n) is 5.54. The lowest BCUT2D eigenvalue weighted by Gasteiger charge is -2.20. The molecule has 0 aliphatic rings. The van der Waals surface area contributed by atoms with Crippen LogP contribution in [0.2, 0.25) is 0 Å². The van der Waals surface area contributed by atoms with Gasteiger partial charge in [-0.25, -0.2) is 8.78 Å². The van der Waals surface area contributed by atoms with Crippen molar-refractivity contribution < 1.29 is 13.6 Å². The lowest BCUT2D eigenvalue weighted by Crippen LogP contribution is -2.36. The summed E-state index contributed by atoms with van der Waals surface area (Å²) in [5, 5.41) is 3.85. The SMILES string of the molecule is CCCc1nnsc1C(=O)N(CCCl)CC(F)F. The zero-order valence-electron chi connectivity index (χ0n) is 9.90. The molecule has 1 heterocycles. The summed E-state index contributed by atoms with van der Waals surface area (Å²) in [6.45, 7) is 1.42. The highest BCUT2D eigenvalue weighted by Gasteiger charge is 2.24. The summed E-state index contributed by atoms with van der Waals surface area (Å²) in [6.07, 6.45) is -1.15. The summed E-state index contributed by atoms with van der Waals surface area (Å²) in [5.74, 6) is -0.345. The first-order valence-corrected chi connectivity index (χ1v) is 6.85. The number of rotatable bonds is 7. The highest BCUT2D eigenvalue weighted by molar-refractivity contribution is 7.08. The van der Waals surface area contributed by atoms with Crippen molar-refractivity contribution in [2.24, 2.45) is 0 Å². The second kappa shape index (κ2) is 7.58. The van der Waals surface area contributed by atoms with Gasteiger partial charge in [-0.3, -0.25) is 4.79 Å². The van der Waals surface area contributed by atoms with E-state index in [9.17, 15) is 13.6 Å². The molecule has 0 radical (unpaired) electrons. The third kappa shape index (κ3) is 4.13. The molecule has 1 amide bonds. The zero-order valence-corrected chi connectivity index (χ0v) is 11.5. The van der Waals surface area contributed by atoms with E-state index in [-0.39, 0.29) is 12.4 Å². The predicted molar refractivity (Wildman–Crippen MR) is 66.5 cm³/mol. The molecule has 0 aliphatic carbocycles. The number of nitrogens with zero attached hydrogens (tertiary/aromatic N) is 3. The average Bonchev–Trinajstić information content (AvgIpc) is 2.76.